The lowest BCUT2D eigenvalue weighted by Crippen LogP contribution is -2.43. The fourth-order valence-corrected chi connectivity index (χ4v) is 9.48. The van der Waals surface area contributed by atoms with Gasteiger partial charge in [-0.25, -0.2) is 0 Å². The largest absolute Gasteiger partial charge is 0.432 e. The summed E-state index contributed by atoms with van der Waals surface area (Å²) in [6, 6.07) is 8.24. The van der Waals surface area contributed by atoms with Crippen molar-refractivity contribution in [1.29, 1.82) is 0 Å². The number of anilines is 1. The van der Waals surface area contributed by atoms with Crippen molar-refractivity contribution in [3.8, 4) is 0 Å². The normalized spacial score (nSPS) is 29.4. The molecule has 0 aromatic heterocycles. The third kappa shape index (κ3) is 6.83. The lowest BCUT2D eigenvalue weighted by Gasteiger charge is -2.31. The van der Waals surface area contributed by atoms with Crippen LogP contribution in [0.15, 0.2) is 24.3 Å². The Morgan fingerprint density at radius 2 is 1.89 bits per heavy atom. The minimum Gasteiger partial charge on any atom is -0.432 e. The molecule has 3 aliphatic rings. The van der Waals surface area contributed by atoms with Gasteiger partial charge in [0.25, 0.3) is 0 Å². The van der Waals surface area contributed by atoms with Crippen LogP contribution in [0.1, 0.15) is 70.3 Å². The number of nitrogens with zero attached hydrogens (tertiary/aromatic N) is 2. The van der Waals surface area contributed by atoms with Crippen molar-refractivity contribution < 1.29 is 24.2 Å². The van der Waals surface area contributed by atoms with E-state index in [1.54, 1.807) is 0 Å². The van der Waals surface area contributed by atoms with Crippen LogP contribution in [-0.2, 0) is 20.7 Å². The van der Waals surface area contributed by atoms with Crippen LogP contribution in [0.3, 0.4) is 0 Å². The predicted molar refractivity (Wildman–Crippen MR) is 148 cm³/mol. The summed E-state index contributed by atoms with van der Waals surface area (Å²) in [5, 5.41) is 9.65. The molecule has 1 aromatic rings. The number of carbonyl (C=O) groups is 2. The Morgan fingerprint density at radius 3 is 2.65 bits per heavy atom. The Hall–Kier alpha value is -1.74. The van der Waals surface area contributed by atoms with Crippen LogP contribution in [0.5, 0.6) is 0 Å². The number of hydrogen-bond acceptors (Lipinski definition) is 5. The van der Waals surface area contributed by atoms with Gasteiger partial charge in [-0.3, -0.25) is 9.59 Å². The van der Waals surface area contributed by atoms with E-state index < -0.39 is 8.32 Å². The molecule has 3 fully saturated rings. The summed E-state index contributed by atoms with van der Waals surface area (Å²) < 4.78 is 6.53. The van der Waals surface area contributed by atoms with Gasteiger partial charge in [0.2, 0.25) is 11.8 Å². The SMILES string of the molecule is C[C@@H]1[C@@H]([Si](C)(C)O)[C@H](CC(=O)N2CCC[C@H]2CO)O[C@@H]1CCc1cccc(N2CCCCCCC2=O)c1. The van der Waals surface area contributed by atoms with Gasteiger partial charge in [-0.05, 0) is 75.2 Å². The van der Waals surface area contributed by atoms with E-state index >= 15 is 0 Å². The van der Waals surface area contributed by atoms with E-state index in [1.807, 2.05) is 35.0 Å². The van der Waals surface area contributed by atoms with Gasteiger partial charge in [0, 0.05) is 30.7 Å². The fourth-order valence-electron chi connectivity index (χ4n) is 6.87. The first-order valence-corrected chi connectivity index (χ1v) is 17.4. The number of rotatable bonds is 8. The van der Waals surface area contributed by atoms with E-state index in [-0.39, 0.29) is 54.6 Å². The molecule has 0 spiro atoms. The molecule has 1 aromatic carbocycles. The zero-order valence-corrected chi connectivity index (χ0v) is 23.9. The summed E-state index contributed by atoms with van der Waals surface area (Å²) in [5.74, 6) is 0.413. The van der Waals surface area contributed by atoms with Crippen molar-refractivity contribution in [3.63, 3.8) is 0 Å². The van der Waals surface area contributed by atoms with E-state index in [0.29, 0.717) is 13.0 Å². The van der Waals surface area contributed by atoms with Gasteiger partial charge >= 0.3 is 0 Å². The predicted octanol–water partition coefficient (Wildman–Crippen LogP) is 4.26. The third-order valence-corrected chi connectivity index (χ3v) is 11.3. The second-order valence-electron chi connectivity index (χ2n) is 11.9. The van der Waals surface area contributed by atoms with Crippen molar-refractivity contribution >= 4 is 25.8 Å². The fraction of sp³-hybridized carbons (Fsp3) is 0.724. The summed E-state index contributed by atoms with van der Waals surface area (Å²) >= 11 is 0. The first-order valence-electron chi connectivity index (χ1n) is 14.4. The maximum absolute atomic E-state index is 13.1. The highest BCUT2D eigenvalue weighted by Gasteiger charge is 2.50. The average Bonchev–Trinajstić information content (AvgIpc) is 3.44. The number of aliphatic hydroxyl groups is 1. The van der Waals surface area contributed by atoms with Gasteiger partial charge < -0.3 is 24.4 Å². The number of carbonyl (C=O) groups excluding carboxylic acids is 2. The molecule has 37 heavy (non-hydrogen) atoms. The van der Waals surface area contributed by atoms with Crippen LogP contribution >= 0.6 is 0 Å². The highest BCUT2D eigenvalue weighted by Crippen LogP contribution is 2.46. The van der Waals surface area contributed by atoms with Gasteiger partial charge in [0.05, 0.1) is 31.3 Å². The maximum Gasteiger partial charge on any atom is 0.226 e. The molecule has 3 aliphatic heterocycles. The quantitative estimate of drug-likeness (QED) is 0.490. The van der Waals surface area contributed by atoms with E-state index in [2.05, 4.69) is 19.1 Å². The maximum atomic E-state index is 13.1. The molecule has 206 valence electrons. The molecule has 2 N–H and O–H groups in total. The molecule has 3 heterocycles. The molecule has 0 bridgehead atoms. The molecule has 0 radical (unpaired) electrons. The van der Waals surface area contributed by atoms with Crippen LogP contribution in [-0.4, -0.2) is 72.9 Å². The monoisotopic (exact) mass is 530 g/mol. The zero-order chi connectivity index (χ0) is 26.6. The molecule has 0 unspecified atom stereocenters. The second kappa shape index (κ2) is 12.4. The second-order valence-corrected chi connectivity index (χ2v) is 15.9. The van der Waals surface area contributed by atoms with Gasteiger partial charge in [-0.15, -0.1) is 0 Å². The van der Waals surface area contributed by atoms with Crippen LogP contribution in [0.25, 0.3) is 0 Å². The highest BCUT2D eigenvalue weighted by molar-refractivity contribution is 6.71. The molecule has 8 heteroatoms. The van der Waals surface area contributed by atoms with Crippen molar-refractivity contribution in [2.45, 2.75) is 108 Å². The van der Waals surface area contributed by atoms with Gasteiger partial charge in [0.15, 0.2) is 8.32 Å². The summed E-state index contributed by atoms with van der Waals surface area (Å²) in [6.07, 6.45) is 8.31. The number of aryl methyl sites for hydroxylation is 1. The van der Waals surface area contributed by atoms with E-state index in [4.69, 9.17) is 4.74 Å². The topological polar surface area (TPSA) is 90.3 Å². The Kier molecular flexibility index (Phi) is 9.48. The molecule has 7 nitrogen and oxygen atoms in total. The van der Waals surface area contributed by atoms with Crippen LogP contribution < -0.4 is 4.90 Å². The summed E-state index contributed by atoms with van der Waals surface area (Å²) in [5.41, 5.74) is 2.16. The van der Waals surface area contributed by atoms with Crippen LogP contribution in [0, 0.1) is 5.92 Å². The zero-order valence-electron chi connectivity index (χ0n) is 22.9. The number of hydrogen-bond donors (Lipinski definition) is 2. The number of benzene rings is 1. The van der Waals surface area contributed by atoms with Gasteiger partial charge in [-0.1, -0.05) is 31.9 Å². The highest BCUT2D eigenvalue weighted by atomic mass is 28.4. The minimum atomic E-state index is -2.57. The lowest BCUT2D eigenvalue weighted by molar-refractivity contribution is -0.135. The molecule has 2 amide bonds. The smallest absolute Gasteiger partial charge is 0.226 e. The summed E-state index contributed by atoms with van der Waals surface area (Å²) in [7, 11) is -2.57. The van der Waals surface area contributed by atoms with E-state index in [9.17, 15) is 19.5 Å². The van der Waals surface area contributed by atoms with Crippen LogP contribution in [0.4, 0.5) is 5.69 Å². The first kappa shape index (κ1) is 28.3. The van der Waals surface area contributed by atoms with Crippen LogP contribution in [0.2, 0.25) is 18.6 Å². The molecule has 0 aliphatic carbocycles. The third-order valence-electron chi connectivity index (χ3n) is 8.77. The lowest BCUT2D eigenvalue weighted by atomic mass is 9.95. The number of ether oxygens (including phenoxy) is 1. The average molecular weight is 531 g/mol. The summed E-state index contributed by atoms with van der Waals surface area (Å²) in [6.45, 7) is 7.54. The summed E-state index contributed by atoms with van der Waals surface area (Å²) in [4.78, 5) is 40.8. The number of amides is 2. The Bertz CT molecular complexity index is 935. The van der Waals surface area contributed by atoms with E-state index in [0.717, 1.165) is 57.2 Å². The molecular weight excluding hydrogens is 484 g/mol. The Morgan fingerprint density at radius 1 is 1.11 bits per heavy atom. The Labute approximate surface area is 223 Å². The minimum absolute atomic E-state index is 0.00204. The van der Waals surface area contributed by atoms with Crippen molar-refractivity contribution in [2.24, 2.45) is 5.92 Å². The number of likely N-dealkylation sites (tertiary alicyclic amines) is 1. The van der Waals surface area contributed by atoms with Gasteiger partial charge in [0.1, 0.15) is 0 Å². The standard InChI is InChI=1S/C29H46N2O5Si/c1-21-25(15-14-22-10-8-11-23(18-22)30-16-7-5-4-6-13-27(30)33)36-26(29(21)37(2,3)35)19-28(34)31-17-9-12-24(31)20-32/h8,10-11,18,21,24-26,29,32,35H,4-7,9,12-17,19-20H2,1-3H3/t21-,24-,25+,26-,29+/m0/s1. The number of aliphatic hydroxyl groups excluding tert-OH is 1. The molecule has 4 rings (SSSR count). The molecular formula is C29H46N2O5Si. The first-order chi connectivity index (χ1) is 17.7. The van der Waals surface area contributed by atoms with Crippen molar-refractivity contribution in [1.82, 2.24) is 4.90 Å². The molecule has 3 saturated heterocycles. The van der Waals surface area contributed by atoms with E-state index in [1.165, 1.54) is 12.0 Å². The Balaban J connectivity index is 1.41. The van der Waals surface area contributed by atoms with Gasteiger partial charge in [-0.2, -0.15) is 0 Å². The molecule has 5 atom stereocenters. The van der Waals surface area contributed by atoms with Crippen molar-refractivity contribution in [3.05, 3.63) is 29.8 Å². The molecule has 0 saturated carbocycles. The van der Waals surface area contributed by atoms with Crippen molar-refractivity contribution in [2.75, 3.05) is 24.6 Å².